The number of rotatable bonds is 20. The molecule has 0 spiro atoms. The molecule has 0 aliphatic heterocycles. The number of phenols is 5. The Labute approximate surface area is 765 Å². The van der Waals surface area contributed by atoms with Crippen LogP contribution in [0.25, 0.3) is 54.8 Å². The molecular formula is C87H62I5NaO26. The molecule has 5 heterocycles. The minimum absolute atomic E-state index is 0. The van der Waals surface area contributed by atoms with Crippen LogP contribution in [0.5, 0.6) is 28.7 Å². The number of para-hydroxylation sites is 5. The number of hydrogen-bond donors (Lipinski definition) is 9. The Balaban J connectivity index is 0.000000184. The van der Waals surface area contributed by atoms with Gasteiger partial charge in [-0.05, 0) is 223 Å². The van der Waals surface area contributed by atoms with E-state index in [1.165, 1.54) is 79.9 Å². The first kappa shape index (κ1) is 92.1. The number of fused-ring (bicyclic) bond motifs is 5. The first-order valence-corrected chi connectivity index (χ1v) is 40.0. The Bertz CT molecular complexity index is 6010. The summed E-state index contributed by atoms with van der Waals surface area (Å²) in [7, 11) is 1.28. The number of halogens is 5. The van der Waals surface area contributed by atoms with Gasteiger partial charge in [-0.2, -0.15) is 0 Å². The number of ether oxygens (including phenoxy) is 1. The average Bonchev–Trinajstić information content (AvgIpc) is 1.66. The second-order valence-corrected chi connectivity index (χ2v) is 29.5. The summed E-state index contributed by atoms with van der Waals surface area (Å²) in [6.45, 7) is 0. The minimum Gasteiger partial charge on any atom is -0.870 e. The second kappa shape index (κ2) is 42.7. The van der Waals surface area contributed by atoms with Crippen molar-refractivity contribution in [3.05, 3.63) is 317 Å². The normalized spacial score (nSPS) is 10.6. The minimum atomic E-state index is -1.07. The van der Waals surface area contributed by atoms with Crippen molar-refractivity contribution in [3.63, 3.8) is 0 Å². The maximum Gasteiger partial charge on any atom is 1.00 e. The second-order valence-electron chi connectivity index (χ2n) is 24.9. The topological polar surface area (TPSA) is 458 Å². The number of carboxylic acid groups (broad SMARTS) is 4. The van der Waals surface area contributed by atoms with Crippen LogP contribution >= 0.6 is 113 Å². The molecule has 15 rings (SSSR count). The molecular weight excluding hydrogens is 2120 g/mol. The molecule has 0 atom stereocenters. The van der Waals surface area contributed by atoms with Crippen molar-refractivity contribution in [3.8, 4) is 28.7 Å². The van der Waals surface area contributed by atoms with E-state index < -0.39 is 29.8 Å². The number of benzene rings is 10. The van der Waals surface area contributed by atoms with E-state index in [-0.39, 0.29) is 176 Å². The Hall–Kier alpha value is -10.8. The summed E-state index contributed by atoms with van der Waals surface area (Å²) in [6.07, 6.45) is -1.60. The molecule has 0 fully saturated rings. The van der Waals surface area contributed by atoms with E-state index in [4.69, 9.17) is 43.9 Å². The van der Waals surface area contributed by atoms with Gasteiger partial charge in [0.05, 0.1) is 49.2 Å². The molecule has 0 aliphatic carbocycles. The number of alkyl halides is 1. The van der Waals surface area contributed by atoms with Gasteiger partial charge in [0.1, 0.15) is 118 Å². The molecule has 0 aliphatic rings. The van der Waals surface area contributed by atoms with Crippen LogP contribution in [0.4, 0.5) is 0 Å². The molecule has 10 N–H and O–H groups in total. The zero-order valence-electron chi connectivity index (χ0n) is 62.9. The number of esters is 1. The number of aliphatic carboxylic acids is 4. The Morgan fingerprint density at radius 2 is 0.504 bits per heavy atom. The number of aromatic hydroxyl groups is 5. The van der Waals surface area contributed by atoms with E-state index in [1.807, 2.05) is 113 Å². The summed E-state index contributed by atoms with van der Waals surface area (Å²) in [5.41, 5.74) is 5.66. The predicted molar refractivity (Wildman–Crippen MR) is 473 cm³/mol. The fraction of sp³-hybridized carbons (Fsp3) is 0.0805. The number of carboxylic acids is 4. The molecule has 0 bridgehead atoms. The van der Waals surface area contributed by atoms with Gasteiger partial charge in [0.2, 0.25) is 0 Å². The molecule has 32 heteroatoms. The Morgan fingerprint density at radius 1 is 0.319 bits per heavy atom. The van der Waals surface area contributed by atoms with Crippen molar-refractivity contribution in [2.75, 3.05) is 12.0 Å². The van der Waals surface area contributed by atoms with Crippen molar-refractivity contribution in [2.45, 2.75) is 32.1 Å². The van der Waals surface area contributed by atoms with Gasteiger partial charge in [0, 0.05) is 56.1 Å². The van der Waals surface area contributed by atoms with Crippen LogP contribution in [-0.4, -0.2) is 122 Å². The fourth-order valence-electron chi connectivity index (χ4n) is 12.1. The molecule has 5 aromatic heterocycles. The zero-order chi connectivity index (χ0) is 85.3. The van der Waals surface area contributed by atoms with E-state index in [0.29, 0.717) is 107 Å². The quantitative estimate of drug-likeness (QED) is 0.0112. The number of carbonyl (C=O) groups is 10. The average molecular weight is 2180 g/mol. The summed E-state index contributed by atoms with van der Waals surface area (Å²) in [6, 6.07) is 58.7. The van der Waals surface area contributed by atoms with Gasteiger partial charge in [-0.15, -0.1) is 0 Å². The number of ketones is 5. The van der Waals surface area contributed by atoms with E-state index in [0.717, 1.165) is 0 Å². The van der Waals surface area contributed by atoms with Crippen LogP contribution in [0.1, 0.15) is 110 Å². The molecule has 0 saturated carbocycles. The summed E-state index contributed by atoms with van der Waals surface area (Å²) in [4.78, 5) is 120. The van der Waals surface area contributed by atoms with Crippen LogP contribution in [0.15, 0.2) is 240 Å². The van der Waals surface area contributed by atoms with Gasteiger partial charge in [0.25, 0.3) is 0 Å². The number of carbonyl (C=O) groups excluding carboxylic acids is 6. The first-order chi connectivity index (χ1) is 56.4. The SMILES string of the molecule is COC(=O)Cc1oc2ccccc2c1C(=O)c1ccc(O)cc1.O=C(O)Cc1oc2ccccc2c1C(=O)c1cc(I)c(O)c(I)c1.O=C(O)Cc1oc2ccccc2c1C(=O)c1cc(I)c(O)c(I)c1.O=C(O)Cc1oc2ccccc2c1C(=O)c1ccc(O)cc1.O=C(O)Cc1oc2ccccc2c1C(=O)c1ccc(O)cc1.[2H]CI.[Na+].[OH-]. The molecule has 26 nitrogen and oxygen atoms in total. The van der Waals surface area contributed by atoms with Crippen LogP contribution < -0.4 is 29.6 Å². The van der Waals surface area contributed by atoms with Gasteiger partial charge in [-0.3, -0.25) is 47.9 Å². The third-order valence-corrected chi connectivity index (χ3v) is 20.5. The Morgan fingerprint density at radius 3 is 0.697 bits per heavy atom. The van der Waals surface area contributed by atoms with Crippen molar-refractivity contribution in [1.82, 2.24) is 0 Å². The molecule has 0 unspecified atom stereocenters. The largest absolute Gasteiger partial charge is 1.00 e. The van der Waals surface area contributed by atoms with Crippen LogP contribution in [0, 0.1) is 14.3 Å². The van der Waals surface area contributed by atoms with E-state index in [1.54, 1.807) is 146 Å². The predicted octanol–water partition coefficient (Wildman–Crippen LogP) is 15.4. The number of hydrogen-bond acceptors (Lipinski definition) is 22. The maximum absolute atomic E-state index is 13.0. The first-order valence-electron chi connectivity index (χ1n) is 34.9. The van der Waals surface area contributed by atoms with Crippen LogP contribution in [0.2, 0.25) is 0 Å². The summed E-state index contributed by atoms with van der Waals surface area (Å²) in [5, 5.41) is 86.8. The third kappa shape index (κ3) is 22.8. The summed E-state index contributed by atoms with van der Waals surface area (Å²) >= 11 is 9.75. The molecule has 0 amide bonds. The zero-order valence-corrected chi connectivity index (χ0v) is 74.7. The standard InChI is InChI=1S/C18H14O5.2C17H10I2O5.2C17H12O5.CH3I.Na.H2O/c1-22-16(20)10-15-17(13-4-2-3-5-14(13)23-15)18(21)11-6-8-12(19)9-7-11;2*18-10-5-8(6-11(19)17(10)23)16(22)15-9-3-1-2-4-12(9)24-13(15)7-14(20)21;2*18-11-7-5-10(6-8-11)17(21)16-12-3-1-2-4-13(12)22-14(16)9-15(19)20;1-2;;/h2-9,19H,10H2,1H3;2*1-6,23H,7H2,(H,20,21);2*1-8,18H,9H2,(H,19,20);1H3;;1H2/q;;;;;;+1;/p-1/i;;;;;1D;;. The van der Waals surface area contributed by atoms with E-state index in [2.05, 4.69) is 4.74 Å². The van der Waals surface area contributed by atoms with Gasteiger partial charge in [-0.1, -0.05) is 114 Å². The summed E-state index contributed by atoms with van der Waals surface area (Å²) in [5.74, 6) is -5.13. The van der Waals surface area contributed by atoms with Gasteiger partial charge >= 0.3 is 59.4 Å². The third-order valence-electron chi connectivity index (χ3n) is 17.2. The van der Waals surface area contributed by atoms with Gasteiger partial charge < -0.3 is 78.3 Å². The molecule has 602 valence electrons. The van der Waals surface area contributed by atoms with Crippen LogP contribution in [-0.2, 0) is 60.8 Å². The van der Waals surface area contributed by atoms with Crippen molar-refractivity contribution in [2.24, 2.45) is 0 Å². The Kier molecular flexibility index (Phi) is 33.1. The number of methoxy groups -OCH3 is 1. The molecule has 10 aromatic carbocycles. The van der Waals surface area contributed by atoms with Gasteiger partial charge in [-0.25, -0.2) is 0 Å². The van der Waals surface area contributed by atoms with Crippen molar-refractivity contribution in [1.29, 1.82) is 0 Å². The monoisotopic (exact) mass is 2180 g/mol. The molecule has 0 saturated heterocycles. The van der Waals surface area contributed by atoms with Crippen molar-refractivity contribution < 1.29 is 157 Å². The summed E-state index contributed by atoms with van der Waals surface area (Å²) < 4.78 is 40.9. The van der Waals surface area contributed by atoms with E-state index in [9.17, 15) is 73.5 Å². The molecule has 119 heavy (non-hydrogen) atoms. The number of furan rings is 5. The fourth-order valence-corrected chi connectivity index (χ4v) is 15.6. The number of phenolic OH excluding ortho intramolecular Hbond substituents is 5. The molecule has 0 radical (unpaired) electrons. The van der Waals surface area contributed by atoms with Crippen LogP contribution in [0.3, 0.4) is 0 Å². The smallest absolute Gasteiger partial charge is 0.870 e. The van der Waals surface area contributed by atoms with Gasteiger partial charge in [0.15, 0.2) is 28.9 Å². The van der Waals surface area contributed by atoms with Crippen molar-refractivity contribution >= 4 is 227 Å². The molecule has 15 aromatic rings. The van der Waals surface area contributed by atoms with E-state index >= 15 is 0 Å². The maximum atomic E-state index is 13.0.